The van der Waals surface area contributed by atoms with Crippen molar-refractivity contribution in [3.8, 4) is 11.4 Å². The SMILES string of the molecule is Cc1nc(C2(NC(=O)CCc3nc(-c4ccsc4)no3)CCCC2)no1. The number of carbonyl (C=O) groups is 1. The highest BCUT2D eigenvalue weighted by atomic mass is 32.1. The topological polar surface area (TPSA) is 107 Å². The van der Waals surface area contributed by atoms with Gasteiger partial charge in [-0.25, -0.2) is 0 Å². The van der Waals surface area contributed by atoms with Crippen LogP contribution in [0.1, 0.15) is 49.7 Å². The Kier molecular flexibility index (Phi) is 4.54. The van der Waals surface area contributed by atoms with Crippen molar-refractivity contribution in [3.63, 3.8) is 0 Å². The lowest BCUT2D eigenvalue weighted by Gasteiger charge is -2.26. The zero-order valence-corrected chi connectivity index (χ0v) is 15.2. The maximum absolute atomic E-state index is 12.5. The van der Waals surface area contributed by atoms with E-state index in [1.54, 1.807) is 18.3 Å². The van der Waals surface area contributed by atoms with E-state index in [1.807, 2.05) is 16.8 Å². The number of nitrogens with zero attached hydrogens (tertiary/aromatic N) is 4. The van der Waals surface area contributed by atoms with Gasteiger partial charge in [0, 0.05) is 30.7 Å². The predicted molar refractivity (Wildman–Crippen MR) is 93.3 cm³/mol. The van der Waals surface area contributed by atoms with E-state index in [-0.39, 0.29) is 12.3 Å². The summed E-state index contributed by atoms with van der Waals surface area (Å²) in [5.41, 5.74) is 0.401. The van der Waals surface area contributed by atoms with Crippen molar-refractivity contribution < 1.29 is 13.8 Å². The molecular weight excluding hydrogens is 354 g/mol. The van der Waals surface area contributed by atoms with Crippen LogP contribution in [0.4, 0.5) is 0 Å². The van der Waals surface area contributed by atoms with Gasteiger partial charge < -0.3 is 14.4 Å². The molecule has 1 aliphatic rings. The molecule has 0 spiro atoms. The fraction of sp³-hybridized carbons (Fsp3) is 0.471. The largest absolute Gasteiger partial charge is 0.343 e. The van der Waals surface area contributed by atoms with Crippen LogP contribution in [0.25, 0.3) is 11.4 Å². The molecular formula is C17H19N5O3S. The summed E-state index contributed by atoms with van der Waals surface area (Å²) in [7, 11) is 0. The average molecular weight is 373 g/mol. The van der Waals surface area contributed by atoms with E-state index < -0.39 is 5.54 Å². The third-order valence-electron chi connectivity index (χ3n) is 4.60. The van der Waals surface area contributed by atoms with Gasteiger partial charge in [-0.15, -0.1) is 0 Å². The number of aryl methyl sites for hydroxylation is 2. The molecule has 1 aliphatic carbocycles. The van der Waals surface area contributed by atoms with Crippen molar-refractivity contribution >= 4 is 17.2 Å². The first-order chi connectivity index (χ1) is 12.6. The Balaban J connectivity index is 1.39. The summed E-state index contributed by atoms with van der Waals surface area (Å²) in [6, 6.07) is 1.93. The molecule has 0 aromatic carbocycles. The Bertz CT molecular complexity index is 880. The molecule has 3 heterocycles. The monoisotopic (exact) mass is 373 g/mol. The number of thiophene rings is 1. The summed E-state index contributed by atoms with van der Waals surface area (Å²) < 4.78 is 10.4. The predicted octanol–water partition coefficient (Wildman–Crippen LogP) is 3.01. The van der Waals surface area contributed by atoms with Crippen LogP contribution in [0, 0.1) is 6.92 Å². The van der Waals surface area contributed by atoms with Crippen molar-refractivity contribution in [3.05, 3.63) is 34.4 Å². The van der Waals surface area contributed by atoms with Gasteiger partial charge in [-0.1, -0.05) is 23.2 Å². The van der Waals surface area contributed by atoms with Crippen LogP contribution in [-0.4, -0.2) is 26.2 Å². The minimum absolute atomic E-state index is 0.0790. The smallest absolute Gasteiger partial charge is 0.227 e. The highest BCUT2D eigenvalue weighted by molar-refractivity contribution is 7.08. The number of rotatable bonds is 6. The molecule has 3 aromatic heterocycles. The number of amides is 1. The summed E-state index contributed by atoms with van der Waals surface area (Å²) in [5, 5.41) is 15.0. The van der Waals surface area contributed by atoms with Crippen LogP contribution in [0.3, 0.4) is 0 Å². The van der Waals surface area contributed by atoms with Crippen LogP contribution in [0.2, 0.25) is 0 Å². The van der Waals surface area contributed by atoms with E-state index in [0.29, 0.717) is 29.9 Å². The molecule has 1 amide bonds. The van der Waals surface area contributed by atoms with Gasteiger partial charge in [0.1, 0.15) is 5.54 Å². The molecule has 9 heteroatoms. The molecule has 1 N–H and O–H groups in total. The molecule has 0 bridgehead atoms. The first kappa shape index (κ1) is 16.9. The fourth-order valence-electron chi connectivity index (χ4n) is 3.29. The zero-order valence-electron chi connectivity index (χ0n) is 14.4. The number of carbonyl (C=O) groups excluding carboxylic acids is 1. The van der Waals surface area contributed by atoms with E-state index in [1.165, 1.54) is 0 Å². The van der Waals surface area contributed by atoms with Gasteiger partial charge in [0.15, 0.2) is 5.82 Å². The molecule has 0 saturated heterocycles. The molecule has 1 fully saturated rings. The summed E-state index contributed by atoms with van der Waals surface area (Å²) in [5.74, 6) is 2.00. The van der Waals surface area contributed by atoms with Crippen molar-refractivity contribution in [1.29, 1.82) is 0 Å². The van der Waals surface area contributed by atoms with E-state index in [4.69, 9.17) is 9.05 Å². The fourth-order valence-corrected chi connectivity index (χ4v) is 3.93. The molecule has 0 atom stereocenters. The van der Waals surface area contributed by atoms with Gasteiger partial charge in [-0.3, -0.25) is 4.79 Å². The van der Waals surface area contributed by atoms with Crippen LogP contribution in [-0.2, 0) is 16.8 Å². The lowest BCUT2D eigenvalue weighted by molar-refractivity contribution is -0.123. The Hall–Kier alpha value is -2.55. The second-order valence-electron chi connectivity index (χ2n) is 6.50. The molecule has 26 heavy (non-hydrogen) atoms. The lowest BCUT2D eigenvalue weighted by atomic mass is 9.96. The second-order valence-corrected chi connectivity index (χ2v) is 7.28. The van der Waals surface area contributed by atoms with Gasteiger partial charge in [0.25, 0.3) is 0 Å². The Morgan fingerprint density at radius 2 is 2.12 bits per heavy atom. The van der Waals surface area contributed by atoms with Crippen molar-refractivity contribution in [2.24, 2.45) is 0 Å². The summed E-state index contributed by atoms with van der Waals surface area (Å²) in [6.45, 7) is 1.75. The van der Waals surface area contributed by atoms with Crippen LogP contribution in [0.15, 0.2) is 25.9 Å². The van der Waals surface area contributed by atoms with Gasteiger partial charge in [0.05, 0.1) is 0 Å². The molecule has 8 nitrogen and oxygen atoms in total. The maximum atomic E-state index is 12.5. The first-order valence-electron chi connectivity index (χ1n) is 8.62. The summed E-state index contributed by atoms with van der Waals surface area (Å²) >= 11 is 1.57. The molecule has 1 saturated carbocycles. The Morgan fingerprint density at radius 1 is 1.27 bits per heavy atom. The van der Waals surface area contributed by atoms with Gasteiger partial charge in [0.2, 0.25) is 23.5 Å². The minimum Gasteiger partial charge on any atom is -0.343 e. The molecule has 0 aliphatic heterocycles. The van der Waals surface area contributed by atoms with E-state index in [2.05, 4.69) is 25.6 Å². The van der Waals surface area contributed by atoms with Crippen molar-refractivity contribution in [1.82, 2.24) is 25.6 Å². The average Bonchev–Trinajstić information content (AvgIpc) is 3.39. The van der Waals surface area contributed by atoms with Crippen LogP contribution >= 0.6 is 11.3 Å². The third kappa shape index (κ3) is 3.39. The van der Waals surface area contributed by atoms with Gasteiger partial charge >= 0.3 is 0 Å². The molecule has 3 aromatic rings. The zero-order chi connectivity index (χ0) is 18.0. The molecule has 0 radical (unpaired) electrons. The highest BCUT2D eigenvalue weighted by Gasteiger charge is 2.41. The van der Waals surface area contributed by atoms with E-state index >= 15 is 0 Å². The molecule has 136 valence electrons. The molecule has 4 rings (SSSR count). The third-order valence-corrected chi connectivity index (χ3v) is 5.29. The maximum Gasteiger partial charge on any atom is 0.227 e. The second kappa shape index (κ2) is 6.99. The number of aromatic nitrogens is 4. The standard InChI is InChI=1S/C17H19N5O3S/c1-11-18-16(22-24-11)17(7-2-3-8-17)20-13(23)4-5-14-19-15(21-25-14)12-6-9-26-10-12/h6,9-10H,2-5,7-8H2,1H3,(H,20,23). The quantitative estimate of drug-likeness (QED) is 0.707. The number of hydrogen-bond donors (Lipinski definition) is 1. The lowest BCUT2D eigenvalue weighted by Crippen LogP contribution is -2.44. The Morgan fingerprint density at radius 3 is 2.81 bits per heavy atom. The van der Waals surface area contributed by atoms with E-state index in [9.17, 15) is 4.79 Å². The first-order valence-corrected chi connectivity index (χ1v) is 9.56. The summed E-state index contributed by atoms with van der Waals surface area (Å²) in [6.07, 6.45) is 4.36. The minimum atomic E-state index is -0.522. The van der Waals surface area contributed by atoms with Gasteiger partial charge in [-0.2, -0.15) is 21.3 Å². The van der Waals surface area contributed by atoms with Crippen molar-refractivity contribution in [2.45, 2.75) is 51.0 Å². The molecule has 0 unspecified atom stereocenters. The van der Waals surface area contributed by atoms with E-state index in [0.717, 1.165) is 31.2 Å². The Labute approximate surface area is 154 Å². The number of hydrogen-bond acceptors (Lipinski definition) is 8. The summed E-state index contributed by atoms with van der Waals surface area (Å²) in [4.78, 5) is 21.2. The van der Waals surface area contributed by atoms with Crippen LogP contribution in [0.5, 0.6) is 0 Å². The van der Waals surface area contributed by atoms with Crippen molar-refractivity contribution in [2.75, 3.05) is 0 Å². The normalized spacial score (nSPS) is 16.0. The van der Waals surface area contributed by atoms with Crippen LogP contribution < -0.4 is 5.32 Å². The number of nitrogens with one attached hydrogen (secondary N) is 1. The van der Waals surface area contributed by atoms with Gasteiger partial charge in [-0.05, 0) is 24.3 Å². The highest BCUT2D eigenvalue weighted by Crippen LogP contribution is 2.37.